The van der Waals surface area contributed by atoms with E-state index in [0.29, 0.717) is 24.0 Å². The molecule has 0 saturated carbocycles. The lowest BCUT2D eigenvalue weighted by atomic mass is 10.2. The molecule has 1 atom stereocenters. The Balaban J connectivity index is 2.17. The second-order valence-electron chi connectivity index (χ2n) is 4.38. The van der Waals surface area contributed by atoms with Crippen LogP contribution in [0.3, 0.4) is 0 Å². The summed E-state index contributed by atoms with van der Waals surface area (Å²) < 4.78 is 0. The first-order valence-electron chi connectivity index (χ1n) is 6.61. The molecule has 0 aromatic carbocycles. The normalized spacial score (nSPS) is 12.6. The van der Waals surface area contributed by atoms with Crippen molar-refractivity contribution in [2.24, 2.45) is 0 Å². The molecule has 2 aromatic rings. The summed E-state index contributed by atoms with van der Waals surface area (Å²) in [5.41, 5.74) is 0.679. The molecule has 2 rings (SSSR count). The van der Waals surface area contributed by atoms with E-state index in [1.807, 2.05) is 13.8 Å². The van der Waals surface area contributed by atoms with Gasteiger partial charge in [0.1, 0.15) is 5.82 Å². The van der Waals surface area contributed by atoms with Crippen LogP contribution < -0.4 is 10.6 Å². The van der Waals surface area contributed by atoms with Crippen LogP contribution in [0.15, 0.2) is 6.20 Å². The SMILES string of the molecule is CCCC(O)CNc1nc(NCC)nc2[nH]ncc12. The minimum absolute atomic E-state index is 0.371. The highest BCUT2D eigenvalue weighted by molar-refractivity contribution is 5.86. The van der Waals surface area contributed by atoms with Crippen molar-refractivity contribution in [1.29, 1.82) is 0 Å². The number of H-pyrrole nitrogens is 1. The zero-order valence-electron chi connectivity index (χ0n) is 11.3. The average Bonchev–Trinajstić information content (AvgIpc) is 2.85. The van der Waals surface area contributed by atoms with Gasteiger partial charge in [0.05, 0.1) is 17.7 Å². The van der Waals surface area contributed by atoms with Crippen molar-refractivity contribution in [3.8, 4) is 0 Å². The summed E-state index contributed by atoms with van der Waals surface area (Å²) in [4.78, 5) is 8.70. The van der Waals surface area contributed by atoms with Crippen molar-refractivity contribution in [3.63, 3.8) is 0 Å². The molecular formula is C12H20N6O. The van der Waals surface area contributed by atoms with Crippen molar-refractivity contribution in [2.45, 2.75) is 32.8 Å². The third-order valence-corrected chi connectivity index (χ3v) is 2.77. The Hall–Kier alpha value is -1.89. The predicted octanol–water partition coefficient (Wildman–Crippen LogP) is 1.36. The lowest BCUT2D eigenvalue weighted by Crippen LogP contribution is -2.20. The average molecular weight is 264 g/mol. The van der Waals surface area contributed by atoms with Gasteiger partial charge in [-0.1, -0.05) is 13.3 Å². The van der Waals surface area contributed by atoms with Gasteiger partial charge in [-0.3, -0.25) is 5.10 Å². The van der Waals surface area contributed by atoms with Crippen LogP contribution >= 0.6 is 0 Å². The van der Waals surface area contributed by atoms with Crippen LogP contribution in [0, 0.1) is 0 Å². The molecule has 19 heavy (non-hydrogen) atoms. The number of aromatic amines is 1. The van der Waals surface area contributed by atoms with E-state index < -0.39 is 0 Å². The maximum Gasteiger partial charge on any atom is 0.226 e. The minimum atomic E-state index is -0.371. The highest BCUT2D eigenvalue weighted by atomic mass is 16.3. The maximum atomic E-state index is 9.76. The molecule has 0 fully saturated rings. The van der Waals surface area contributed by atoms with Crippen LogP contribution in [0.4, 0.5) is 11.8 Å². The number of nitrogens with zero attached hydrogens (tertiary/aromatic N) is 3. The number of aliphatic hydroxyl groups excluding tert-OH is 1. The summed E-state index contributed by atoms with van der Waals surface area (Å²) in [6, 6.07) is 0. The van der Waals surface area contributed by atoms with E-state index >= 15 is 0 Å². The second kappa shape index (κ2) is 6.33. The van der Waals surface area contributed by atoms with E-state index in [2.05, 4.69) is 30.8 Å². The number of hydrogen-bond acceptors (Lipinski definition) is 6. The van der Waals surface area contributed by atoms with Crippen LogP contribution in [0.1, 0.15) is 26.7 Å². The summed E-state index contributed by atoms with van der Waals surface area (Å²) in [5.74, 6) is 1.23. The van der Waals surface area contributed by atoms with Crippen molar-refractivity contribution in [3.05, 3.63) is 6.20 Å². The molecule has 2 heterocycles. The van der Waals surface area contributed by atoms with Crippen LogP contribution in [0.5, 0.6) is 0 Å². The first-order valence-corrected chi connectivity index (χ1v) is 6.61. The van der Waals surface area contributed by atoms with Gasteiger partial charge in [0.15, 0.2) is 5.65 Å². The Morgan fingerprint density at radius 3 is 2.89 bits per heavy atom. The fraction of sp³-hybridized carbons (Fsp3) is 0.583. The Kier molecular flexibility index (Phi) is 4.51. The number of fused-ring (bicyclic) bond motifs is 1. The molecule has 7 nitrogen and oxygen atoms in total. The topological polar surface area (TPSA) is 98.7 Å². The molecule has 1 unspecified atom stereocenters. The molecular weight excluding hydrogens is 244 g/mol. The summed E-state index contributed by atoms with van der Waals surface area (Å²) in [6.45, 7) is 5.25. The molecule has 0 aliphatic rings. The van der Waals surface area contributed by atoms with Crippen molar-refractivity contribution < 1.29 is 5.11 Å². The molecule has 104 valence electrons. The number of nitrogens with one attached hydrogen (secondary N) is 3. The molecule has 2 aromatic heterocycles. The van der Waals surface area contributed by atoms with E-state index in [1.165, 1.54) is 0 Å². The maximum absolute atomic E-state index is 9.76. The molecule has 4 N–H and O–H groups in total. The fourth-order valence-corrected chi connectivity index (χ4v) is 1.86. The zero-order valence-corrected chi connectivity index (χ0v) is 11.3. The number of aliphatic hydroxyl groups is 1. The van der Waals surface area contributed by atoms with Crippen molar-refractivity contribution >= 4 is 22.8 Å². The zero-order chi connectivity index (χ0) is 13.7. The fourth-order valence-electron chi connectivity index (χ4n) is 1.86. The first-order chi connectivity index (χ1) is 9.24. The van der Waals surface area contributed by atoms with Gasteiger partial charge in [0, 0.05) is 13.1 Å². The summed E-state index contributed by atoms with van der Waals surface area (Å²) >= 11 is 0. The van der Waals surface area contributed by atoms with Crippen LogP contribution in [-0.2, 0) is 0 Å². The summed E-state index contributed by atoms with van der Waals surface area (Å²) in [6.07, 6.45) is 3.03. The lowest BCUT2D eigenvalue weighted by Gasteiger charge is -2.12. The predicted molar refractivity (Wildman–Crippen MR) is 75.3 cm³/mol. The number of rotatable bonds is 7. The van der Waals surface area contributed by atoms with Crippen LogP contribution in [0.25, 0.3) is 11.0 Å². The Bertz CT molecular complexity index is 526. The second-order valence-corrected chi connectivity index (χ2v) is 4.38. The number of anilines is 2. The Labute approximate surface area is 111 Å². The van der Waals surface area contributed by atoms with Gasteiger partial charge in [-0.05, 0) is 13.3 Å². The highest BCUT2D eigenvalue weighted by Crippen LogP contribution is 2.19. The van der Waals surface area contributed by atoms with Gasteiger partial charge in [-0.2, -0.15) is 15.1 Å². The Morgan fingerprint density at radius 2 is 2.16 bits per heavy atom. The van der Waals surface area contributed by atoms with Crippen molar-refractivity contribution in [1.82, 2.24) is 20.2 Å². The monoisotopic (exact) mass is 264 g/mol. The lowest BCUT2D eigenvalue weighted by molar-refractivity contribution is 0.176. The smallest absolute Gasteiger partial charge is 0.226 e. The van der Waals surface area contributed by atoms with Gasteiger partial charge in [0.2, 0.25) is 5.95 Å². The molecule has 0 aliphatic carbocycles. The molecule has 0 radical (unpaired) electrons. The standard InChI is InChI=1S/C12H20N6O/c1-3-5-8(19)6-14-10-9-7-15-18-11(9)17-12(16-10)13-4-2/h7-8,19H,3-6H2,1-2H3,(H3,13,14,15,16,17,18). The Morgan fingerprint density at radius 1 is 1.32 bits per heavy atom. The molecule has 7 heteroatoms. The van der Waals surface area contributed by atoms with E-state index in [1.54, 1.807) is 6.20 Å². The van der Waals surface area contributed by atoms with Crippen LogP contribution in [0.2, 0.25) is 0 Å². The molecule has 0 amide bonds. The first kappa shape index (κ1) is 13.5. The van der Waals surface area contributed by atoms with Gasteiger partial charge < -0.3 is 15.7 Å². The van der Waals surface area contributed by atoms with Crippen molar-refractivity contribution in [2.75, 3.05) is 23.7 Å². The van der Waals surface area contributed by atoms with E-state index in [4.69, 9.17) is 0 Å². The van der Waals surface area contributed by atoms with Gasteiger partial charge in [-0.25, -0.2) is 0 Å². The van der Waals surface area contributed by atoms with Crippen LogP contribution in [-0.4, -0.2) is 44.5 Å². The van der Waals surface area contributed by atoms with E-state index in [9.17, 15) is 5.11 Å². The summed E-state index contributed by atoms with van der Waals surface area (Å²) in [7, 11) is 0. The van der Waals surface area contributed by atoms with Gasteiger partial charge >= 0.3 is 0 Å². The molecule has 0 spiro atoms. The minimum Gasteiger partial charge on any atom is -0.391 e. The summed E-state index contributed by atoms with van der Waals surface area (Å²) in [5, 5.41) is 23.6. The molecule has 0 bridgehead atoms. The molecule has 0 saturated heterocycles. The third-order valence-electron chi connectivity index (χ3n) is 2.77. The van der Waals surface area contributed by atoms with E-state index in [-0.39, 0.29) is 6.10 Å². The number of aromatic nitrogens is 4. The quantitative estimate of drug-likeness (QED) is 0.602. The van der Waals surface area contributed by atoms with E-state index in [0.717, 1.165) is 24.8 Å². The molecule has 0 aliphatic heterocycles. The van der Waals surface area contributed by atoms with Gasteiger partial charge in [0.25, 0.3) is 0 Å². The highest BCUT2D eigenvalue weighted by Gasteiger charge is 2.10. The third kappa shape index (κ3) is 3.31. The van der Waals surface area contributed by atoms with Gasteiger partial charge in [-0.15, -0.1) is 0 Å². The largest absolute Gasteiger partial charge is 0.391 e. The number of hydrogen-bond donors (Lipinski definition) is 4.